The fourth-order valence-electron chi connectivity index (χ4n) is 2.47. The molecule has 0 saturated carbocycles. The zero-order valence-electron chi connectivity index (χ0n) is 15.4. The molecule has 0 bridgehead atoms. The van der Waals surface area contributed by atoms with E-state index < -0.39 is 10.8 Å². The molecule has 28 heavy (non-hydrogen) atoms. The maximum Gasteiger partial charge on any atom is 0.307 e. The van der Waals surface area contributed by atoms with Crippen molar-refractivity contribution < 1.29 is 18.9 Å². The molecule has 0 aliphatic heterocycles. The molecule has 0 fully saturated rings. The predicted octanol–water partition coefficient (Wildman–Crippen LogP) is 4.28. The van der Waals surface area contributed by atoms with Crippen molar-refractivity contribution in [2.75, 3.05) is 0 Å². The molecule has 144 valence electrons. The third kappa shape index (κ3) is 4.35. The minimum absolute atomic E-state index is 0.0109. The van der Waals surface area contributed by atoms with Crippen LogP contribution >= 0.6 is 0 Å². The van der Waals surface area contributed by atoms with Gasteiger partial charge in [0, 0.05) is 23.1 Å². The number of hydrogen-bond donors (Lipinski definition) is 1. The van der Waals surface area contributed by atoms with Crippen LogP contribution in [0.2, 0.25) is 0 Å². The standard InChI is InChI=1S/C20H19N3O5/c1-3-13(2)27-17-7-5-4-6-14(17)12-21-22-20(24)19-11-15-10-16(23(25)26)8-9-18(15)28-19/h4-13H,3H2,1-2H3,(H,22,24)/b21-12+/t13-/m0/s1. The molecule has 8 nitrogen and oxygen atoms in total. The van der Waals surface area contributed by atoms with Gasteiger partial charge in [-0.1, -0.05) is 19.1 Å². The number of non-ortho nitro benzene ring substituents is 1. The Morgan fingerprint density at radius 3 is 2.86 bits per heavy atom. The van der Waals surface area contributed by atoms with Gasteiger partial charge in [-0.3, -0.25) is 14.9 Å². The van der Waals surface area contributed by atoms with Gasteiger partial charge in [-0.2, -0.15) is 5.10 Å². The second kappa shape index (κ2) is 8.34. The first-order valence-electron chi connectivity index (χ1n) is 8.75. The Morgan fingerprint density at radius 1 is 1.32 bits per heavy atom. The Balaban J connectivity index is 1.72. The number of para-hydroxylation sites is 1. The summed E-state index contributed by atoms with van der Waals surface area (Å²) in [5.41, 5.74) is 3.42. The average molecular weight is 381 g/mol. The van der Waals surface area contributed by atoms with Gasteiger partial charge < -0.3 is 9.15 Å². The molecular formula is C20H19N3O5. The Bertz CT molecular complexity index is 1040. The fourth-order valence-corrected chi connectivity index (χ4v) is 2.47. The lowest BCUT2D eigenvalue weighted by atomic mass is 10.2. The van der Waals surface area contributed by atoms with Crippen molar-refractivity contribution in [1.82, 2.24) is 5.43 Å². The van der Waals surface area contributed by atoms with E-state index in [1.807, 2.05) is 38.1 Å². The number of ether oxygens (including phenoxy) is 1. The van der Waals surface area contributed by atoms with Crippen molar-refractivity contribution in [3.63, 3.8) is 0 Å². The molecule has 0 saturated heterocycles. The van der Waals surface area contributed by atoms with Crippen molar-refractivity contribution in [3.8, 4) is 5.75 Å². The lowest BCUT2D eigenvalue weighted by Crippen LogP contribution is -2.17. The van der Waals surface area contributed by atoms with E-state index in [-0.39, 0.29) is 17.6 Å². The van der Waals surface area contributed by atoms with E-state index >= 15 is 0 Å². The number of furan rings is 1. The van der Waals surface area contributed by atoms with Gasteiger partial charge in [-0.15, -0.1) is 0 Å². The molecule has 0 spiro atoms. The molecule has 3 rings (SSSR count). The lowest BCUT2D eigenvalue weighted by molar-refractivity contribution is -0.384. The third-order valence-corrected chi connectivity index (χ3v) is 4.13. The molecule has 0 aliphatic carbocycles. The maximum absolute atomic E-state index is 12.2. The van der Waals surface area contributed by atoms with E-state index in [0.29, 0.717) is 16.7 Å². The normalized spacial score (nSPS) is 12.2. The zero-order chi connectivity index (χ0) is 20.1. The van der Waals surface area contributed by atoms with Gasteiger partial charge in [0.25, 0.3) is 5.69 Å². The van der Waals surface area contributed by atoms with Gasteiger partial charge in [0.15, 0.2) is 5.76 Å². The van der Waals surface area contributed by atoms with Gasteiger partial charge >= 0.3 is 5.91 Å². The Kier molecular flexibility index (Phi) is 5.69. The first kappa shape index (κ1) is 19.1. The molecule has 0 radical (unpaired) electrons. The predicted molar refractivity (Wildman–Crippen MR) is 105 cm³/mol. The third-order valence-electron chi connectivity index (χ3n) is 4.13. The van der Waals surface area contributed by atoms with E-state index in [1.54, 1.807) is 0 Å². The Labute approximate surface area is 160 Å². The summed E-state index contributed by atoms with van der Waals surface area (Å²) >= 11 is 0. The van der Waals surface area contributed by atoms with Crippen molar-refractivity contribution in [2.24, 2.45) is 5.10 Å². The van der Waals surface area contributed by atoms with Crippen molar-refractivity contribution >= 4 is 28.8 Å². The number of carbonyl (C=O) groups excluding carboxylic acids is 1. The van der Waals surface area contributed by atoms with Gasteiger partial charge in [-0.05, 0) is 37.6 Å². The Morgan fingerprint density at radius 2 is 2.11 bits per heavy atom. The Hall–Kier alpha value is -3.68. The summed E-state index contributed by atoms with van der Waals surface area (Å²) in [5.74, 6) is 0.123. The van der Waals surface area contributed by atoms with E-state index in [9.17, 15) is 14.9 Å². The highest BCUT2D eigenvalue weighted by Crippen LogP contribution is 2.24. The molecule has 0 unspecified atom stereocenters. The zero-order valence-corrected chi connectivity index (χ0v) is 15.4. The number of fused-ring (bicyclic) bond motifs is 1. The maximum atomic E-state index is 12.2. The highest BCUT2D eigenvalue weighted by Gasteiger charge is 2.14. The molecular weight excluding hydrogens is 362 g/mol. The number of hydrogen-bond acceptors (Lipinski definition) is 6. The van der Waals surface area contributed by atoms with Gasteiger partial charge in [0.1, 0.15) is 11.3 Å². The van der Waals surface area contributed by atoms with Gasteiger partial charge in [0.2, 0.25) is 0 Å². The summed E-state index contributed by atoms with van der Waals surface area (Å²) in [4.78, 5) is 22.6. The fraction of sp³-hybridized carbons (Fsp3) is 0.200. The van der Waals surface area contributed by atoms with Crippen LogP contribution in [-0.4, -0.2) is 23.1 Å². The van der Waals surface area contributed by atoms with Crippen LogP contribution in [0.3, 0.4) is 0 Å². The van der Waals surface area contributed by atoms with E-state index in [4.69, 9.17) is 9.15 Å². The van der Waals surface area contributed by atoms with Crippen LogP contribution in [0.15, 0.2) is 58.0 Å². The van der Waals surface area contributed by atoms with Crippen molar-refractivity contribution in [3.05, 3.63) is 70.0 Å². The molecule has 1 aromatic heterocycles. The van der Waals surface area contributed by atoms with Crippen LogP contribution in [0.5, 0.6) is 5.75 Å². The summed E-state index contributed by atoms with van der Waals surface area (Å²) in [6.45, 7) is 4.01. The number of nitro groups is 1. The molecule has 3 aromatic rings. The van der Waals surface area contributed by atoms with Crippen LogP contribution in [0.1, 0.15) is 36.4 Å². The van der Waals surface area contributed by atoms with Crippen LogP contribution in [0, 0.1) is 10.1 Å². The number of nitrogens with zero attached hydrogens (tertiary/aromatic N) is 2. The van der Waals surface area contributed by atoms with Gasteiger partial charge in [0.05, 0.1) is 17.2 Å². The minimum atomic E-state index is -0.560. The number of benzene rings is 2. The second-order valence-electron chi connectivity index (χ2n) is 6.16. The number of amides is 1. The van der Waals surface area contributed by atoms with Crippen LogP contribution in [0.4, 0.5) is 5.69 Å². The smallest absolute Gasteiger partial charge is 0.307 e. The molecule has 1 N–H and O–H groups in total. The highest BCUT2D eigenvalue weighted by molar-refractivity contribution is 5.97. The molecule has 0 aliphatic rings. The summed E-state index contributed by atoms with van der Waals surface area (Å²) in [6.07, 6.45) is 2.42. The number of nitrogens with one attached hydrogen (secondary N) is 1. The van der Waals surface area contributed by atoms with Crippen molar-refractivity contribution in [1.29, 1.82) is 0 Å². The second-order valence-corrected chi connectivity index (χ2v) is 6.16. The van der Waals surface area contributed by atoms with Crippen LogP contribution < -0.4 is 10.2 Å². The summed E-state index contributed by atoms with van der Waals surface area (Å²) in [6, 6.07) is 12.9. The SMILES string of the molecule is CC[C@H](C)Oc1ccccc1/C=N/NC(=O)c1cc2cc([N+](=O)[O-])ccc2o1. The molecule has 1 atom stereocenters. The van der Waals surface area contributed by atoms with Gasteiger partial charge in [-0.25, -0.2) is 5.43 Å². The summed E-state index contributed by atoms with van der Waals surface area (Å²) in [7, 11) is 0. The first-order valence-corrected chi connectivity index (χ1v) is 8.75. The lowest BCUT2D eigenvalue weighted by Gasteiger charge is -2.14. The average Bonchev–Trinajstić information content (AvgIpc) is 3.12. The van der Waals surface area contributed by atoms with E-state index in [2.05, 4.69) is 10.5 Å². The van der Waals surface area contributed by atoms with Crippen LogP contribution in [-0.2, 0) is 0 Å². The number of nitro benzene ring substituents is 1. The molecule has 1 heterocycles. The largest absolute Gasteiger partial charge is 0.490 e. The molecule has 1 amide bonds. The van der Waals surface area contributed by atoms with E-state index in [0.717, 1.165) is 12.0 Å². The van der Waals surface area contributed by atoms with Crippen LogP contribution in [0.25, 0.3) is 11.0 Å². The monoisotopic (exact) mass is 381 g/mol. The number of hydrazone groups is 1. The minimum Gasteiger partial charge on any atom is -0.490 e. The quantitative estimate of drug-likeness (QED) is 0.373. The summed E-state index contributed by atoms with van der Waals surface area (Å²) < 4.78 is 11.3. The number of carbonyl (C=O) groups is 1. The first-order chi connectivity index (χ1) is 13.5. The topological polar surface area (TPSA) is 107 Å². The summed E-state index contributed by atoms with van der Waals surface area (Å²) in [5, 5.41) is 15.3. The molecule has 8 heteroatoms. The van der Waals surface area contributed by atoms with Crippen molar-refractivity contribution in [2.45, 2.75) is 26.4 Å². The highest BCUT2D eigenvalue weighted by atomic mass is 16.6. The van der Waals surface area contributed by atoms with E-state index in [1.165, 1.54) is 30.5 Å². The number of rotatable bonds is 7. The molecule has 2 aromatic carbocycles.